The lowest BCUT2D eigenvalue weighted by atomic mass is 10.2. The fourth-order valence-electron chi connectivity index (χ4n) is 2.16. The molecule has 1 aromatic carbocycles. The van der Waals surface area contributed by atoms with Gasteiger partial charge in [0.1, 0.15) is 5.69 Å². The molecule has 3 rings (SSSR count). The van der Waals surface area contributed by atoms with Crippen LogP contribution in [-0.4, -0.2) is 27.1 Å². The maximum absolute atomic E-state index is 12.0. The van der Waals surface area contributed by atoms with Crippen LogP contribution in [0, 0.1) is 0 Å². The summed E-state index contributed by atoms with van der Waals surface area (Å²) in [7, 11) is 0. The molecule has 0 aliphatic heterocycles. The number of aromatic amines is 1. The number of para-hydroxylation sites is 2. The van der Waals surface area contributed by atoms with Gasteiger partial charge < -0.3 is 4.98 Å². The SMILES string of the molecule is O=C(CCc1nc2ccccc2[nH]c1=O)N/N=C/c1cccnc1. The van der Waals surface area contributed by atoms with Gasteiger partial charge >= 0.3 is 0 Å². The van der Waals surface area contributed by atoms with Crippen molar-refractivity contribution in [1.29, 1.82) is 0 Å². The zero-order valence-corrected chi connectivity index (χ0v) is 12.8. The molecular weight excluding hydrogens is 306 g/mol. The lowest BCUT2D eigenvalue weighted by Crippen LogP contribution is -2.21. The van der Waals surface area contributed by atoms with Gasteiger partial charge in [-0.25, -0.2) is 10.4 Å². The summed E-state index contributed by atoms with van der Waals surface area (Å²) in [4.78, 5) is 34.8. The molecule has 0 spiro atoms. The zero-order valence-electron chi connectivity index (χ0n) is 12.8. The third kappa shape index (κ3) is 3.89. The number of nitrogens with one attached hydrogen (secondary N) is 2. The van der Waals surface area contributed by atoms with Crippen LogP contribution in [-0.2, 0) is 11.2 Å². The first-order valence-electron chi connectivity index (χ1n) is 7.42. The molecular formula is C17H15N5O2. The second-order valence-corrected chi connectivity index (χ2v) is 5.11. The van der Waals surface area contributed by atoms with Crippen molar-refractivity contribution >= 4 is 23.2 Å². The van der Waals surface area contributed by atoms with E-state index >= 15 is 0 Å². The highest BCUT2D eigenvalue weighted by atomic mass is 16.2. The fourth-order valence-corrected chi connectivity index (χ4v) is 2.16. The predicted octanol–water partition coefficient (Wildman–Crippen LogP) is 1.40. The highest BCUT2D eigenvalue weighted by Crippen LogP contribution is 2.06. The third-order valence-corrected chi connectivity index (χ3v) is 3.35. The molecule has 0 unspecified atom stereocenters. The van der Waals surface area contributed by atoms with Crippen molar-refractivity contribution in [2.24, 2.45) is 5.10 Å². The normalized spacial score (nSPS) is 11.0. The van der Waals surface area contributed by atoms with Crippen LogP contribution in [0.2, 0.25) is 0 Å². The van der Waals surface area contributed by atoms with Gasteiger partial charge in [-0.2, -0.15) is 5.10 Å². The Morgan fingerprint density at radius 2 is 2.12 bits per heavy atom. The van der Waals surface area contributed by atoms with Gasteiger partial charge in [-0.05, 0) is 18.2 Å². The first-order valence-corrected chi connectivity index (χ1v) is 7.42. The Hall–Kier alpha value is -3.35. The highest BCUT2D eigenvalue weighted by molar-refractivity contribution is 5.82. The van der Waals surface area contributed by atoms with Crippen molar-refractivity contribution in [2.75, 3.05) is 0 Å². The van der Waals surface area contributed by atoms with E-state index in [9.17, 15) is 9.59 Å². The first-order chi connectivity index (χ1) is 11.7. The average molecular weight is 321 g/mol. The van der Waals surface area contributed by atoms with E-state index in [-0.39, 0.29) is 24.3 Å². The maximum atomic E-state index is 12.0. The van der Waals surface area contributed by atoms with Crippen LogP contribution in [0.5, 0.6) is 0 Å². The molecule has 7 heteroatoms. The van der Waals surface area contributed by atoms with Gasteiger partial charge in [-0.1, -0.05) is 18.2 Å². The summed E-state index contributed by atoms with van der Waals surface area (Å²) in [6.07, 6.45) is 5.16. The fraction of sp³-hybridized carbons (Fsp3) is 0.118. The van der Waals surface area contributed by atoms with E-state index in [0.29, 0.717) is 16.7 Å². The van der Waals surface area contributed by atoms with Gasteiger partial charge in [0.15, 0.2) is 0 Å². The van der Waals surface area contributed by atoms with Gasteiger partial charge in [0.25, 0.3) is 5.56 Å². The molecule has 0 saturated carbocycles. The summed E-state index contributed by atoms with van der Waals surface area (Å²) in [5, 5.41) is 3.86. The van der Waals surface area contributed by atoms with Crippen molar-refractivity contribution in [2.45, 2.75) is 12.8 Å². The molecule has 0 atom stereocenters. The number of carbonyl (C=O) groups excluding carboxylic acids is 1. The molecule has 0 aliphatic carbocycles. The van der Waals surface area contributed by atoms with Crippen LogP contribution >= 0.6 is 0 Å². The quantitative estimate of drug-likeness (QED) is 0.548. The number of hydrogen-bond acceptors (Lipinski definition) is 5. The maximum Gasteiger partial charge on any atom is 0.270 e. The molecule has 2 N–H and O–H groups in total. The minimum absolute atomic E-state index is 0.124. The molecule has 2 heterocycles. The van der Waals surface area contributed by atoms with Gasteiger partial charge in [0.05, 0.1) is 17.2 Å². The van der Waals surface area contributed by atoms with Crippen molar-refractivity contribution in [3.63, 3.8) is 0 Å². The smallest absolute Gasteiger partial charge is 0.270 e. The summed E-state index contributed by atoms with van der Waals surface area (Å²) in [6.45, 7) is 0. The van der Waals surface area contributed by atoms with Crippen LogP contribution in [0.15, 0.2) is 58.7 Å². The predicted molar refractivity (Wildman–Crippen MR) is 90.7 cm³/mol. The van der Waals surface area contributed by atoms with Crippen LogP contribution in [0.1, 0.15) is 17.7 Å². The van der Waals surface area contributed by atoms with Gasteiger partial charge in [-0.3, -0.25) is 14.6 Å². The van der Waals surface area contributed by atoms with Crippen molar-refractivity contribution in [3.8, 4) is 0 Å². The molecule has 0 aliphatic rings. The molecule has 3 aromatic rings. The van der Waals surface area contributed by atoms with Crippen LogP contribution < -0.4 is 11.0 Å². The van der Waals surface area contributed by atoms with E-state index in [1.165, 1.54) is 6.21 Å². The lowest BCUT2D eigenvalue weighted by Gasteiger charge is -2.02. The molecule has 7 nitrogen and oxygen atoms in total. The van der Waals surface area contributed by atoms with Crippen molar-refractivity contribution in [3.05, 3.63) is 70.4 Å². The molecule has 2 aromatic heterocycles. The number of hydrazone groups is 1. The molecule has 0 bridgehead atoms. The van der Waals surface area contributed by atoms with Crippen LogP contribution in [0.3, 0.4) is 0 Å². The third-order valence-electron chi connectivity index (χ3n) is 3.35. The standard InChI is InChI=1S/C17H15N5O2/c23-16(22-19-11-12-4-3-9-18-10-12)8-7-15-17(24)21-14-6-2-1-5-13(14)20-15/h1-6,9-11H,7-8H2,(H,21,24)(H,22,23)/b19-11+. The molecule has 0 fully saturated rings. The summed E-state index contributed by atoms with van der Waals surface area (Å²) in [5.41, 5.74) is 4.63. The molecule has 24 heavy (non-hydrogen) atoms. The zero-order chi connectivity index (χ0) is 16.8. The number of carbonyl (C=O) groups is 1. The molecule has 0 saturated heterocycles. The minimum Gasteiger partial charge on any atom is -0.319 e. The summed E-state index contributed by atoms with van der Waals surface area (Å²) < 4.78 is 0. The van der Waals surface area contributed by atoms with E-state index in [1.807, 2.05) is 24.3 Å². The topological polar surface area (TPSA) is 100 Å². The number of nitrogens with zero attached hydrogens (tertiary/aromatic N) is 3. The van der Waals surface area contributed by atoms with Crippen LogP contribution in [0.4, 0.5) is 0 Å². The number of H-pyrrole nitrogens is 1. The van der Waals surface area contributed by atoms with Crippen LogP contribution in [0.25, 0.3) is 11.0 Å². The molecule has 1 amide bonds. The molecule has 120 valence electrons. The number of aryl methyl sites for hydroxylation is 1. The van der Waals surface area contributed by atoms with Gasteiger partial charge in [0.2, 0.25) is 5.91 Å². The Kier molecular flexibility index (Phi) is 4.71. The largest absolute Gasteiger partial charge is 0.319 e. The molecule has 0 radical (unpaired) electrons. The minimum atomic E-state index is -0.288. The van der Waals surface area contributed by atoms with Crippen molar-refractivity contribution < 1.29 is 4.79 Å². The summed E-state index contributed by atoms with van der Waals surface area (Å²) in [5.74, 6) is -0.288. The Morgan fingerprint density at radius 3 is 2.96 bits per heavy atom. The van der Waals surface area contributed by atoms with E-state index < -0.39 is 0 Å². The monoisotopic (exact) mass is 321 g/mol. The Bertz CT molecular complexity index is 934. The number of fused-ring (bicyclic) bond motifs is 1. The summed E-state index contributed by atoms with van der Waals surface area (Å²) >= 11 is 0. The number of aromatic nitrogens is 3. The Labute approximate surface area is 137 Å². The number of amides is 1. The number of benzene rings is 1. The van der Waals surface area contributed by atoms with Crippen molar-refractivity contribution in [1.82, 2.24) is 20.4 Å². The first kappa shape index (κ1) is 15.5. The van der Waals surface area contributed by atoms with E-state index in [0.717, 1.165) is 5.56 Å². The Balaban J connectivity index is 1.59. The van der Waals surface area contributed by atoms with E-state index in [1.54, 1.807) is 24.5 Å². The van der Waals surface area contributed by atoms with E-state index in [2.05, 4.69) is 25.5 Å². The number of pyridine rings is 1. The summed E-state index contributed by atoms with van der Waals surface area (Å²) in [6, 6.07) is 10.9. The van der Waals surface area contributed by atoms with Gasteiger partial charge in [0, 0.05) is 30.8 Å². The lowest BCUT2D eigenvalue weighted by molar-refractivity contribution is -0.121. The van der Waals surface area contributed by atoms with Gasteiger partial charge in [-0.15, -0.1) is 0 Å². The number of rotatable bonds is 5. The Morgan fingerprint density at radius 1 is 1.25 bits per heavy atom. The second-order valence-electron chi connectivity index (χ2n) is 5.11. The van der Waals surface area contributed by atoms with E-state index in [4.69, 9.17) is 0 Å². The number of hydrogen-bond donors (Lipinski definition) is 2. The second kappa shape index (κ2) is 7.28. The highest BCUT2D eigenvalue weighted by Gasteiger charge is 2.07. The average Bonchev–Trinajstić information content (AvgIpc) is 2.61.